The summed E-state index contributed by atoms with van der Waals surface area (Å²) in [6.45, 7) is 0. The molecular formula is C11H9FN4O. The molecule has 0 fully saturated rings. The highest BCUT2D eigenvalue weighted by molar-refractivity contribution is 5.96. The average Bonchev–Trinajstić information content (AvgIpc) is 2.32. The van der Waals surface area contributed by atoms with Crippen molar-refractivity contribution >= 4 is 5.84 Å². The molecule has 5 nitrogen and oxygen atoms in total. The standard InChI is InChI=1S/C11H9FN4O/c12-8-3-1-2-4-9(8)17-11-7(10(13)14)5-6-15-16-11/h1-6H,(H3,13,14). The van der Waals surface area contributed by atoms with Crippen LogP contribution in [0.1, 0.15) is 5.56 Å². The highest BCUT2D eigenvalue weighted by Crippen LogP contribution is 2.24. The van der Waals surface area contributed by atoms with Crippen LogP contribution in [-0.2, 0) is 0 Å². The van der Waals surface area contributed by atoms with Crippen LogP contribution >= 0.6 is 0 Å². The predicted molar refractivity (Wildman–Crippen MR) is 59.5 cm³/mol. The van der Waals surface area contributed by atoms with Gasteiger partial charge in [-0.1, -0.05) is 12.1 Å². The number of nitrogen functional groups attached to an aromatic ring is 1. The van der Waals surface area contributed by atoms with Gasteiger partial charge in [-0.2, -0.15) is 5.10 Å². The van der Waals surface area contributed by atoms with Crippen LogP contribution in [0.5, 0.6) is 11.6 Å². The first-order valence-corrected chi connectivity index (χ1v) is 4.77. The van der Waals surface area contributed by atoms with E-state index in [0.29, 0.717) is 0 Å². The fraction of sp³-hybridized carbons (Fsp3) is 0. The molecule has 17 heavy (non-hydrogen) atoms. The molecule has 6 heteroatoms. The molecule has 2 rings (SSSR count). The van der Waals surface area contributed by atoms with Crippen molar-refractivity contribution in [1.29, 1.82) is 5.41 Å². The molecule has 0 aliphatic carbocycles. The quantitative estimate of drug-likeness (QED) is 0.623. The maximum absolute atomic E-state index is 13.3. The van der Waals surface area contributed by atoms with Crippen LogP contribution in [0.25, 0.3) is 0 Å². The number of rotatable bonds is 3. The lowest BCUT2D eigenvalue weighted by molar-refractivity contribution is 0.421. The SMILES string of the molecule is N=C(N)c1ccnnc1Oc1ccccc1F. The summed E-state index contributed by atoms with van der Waals surface area (Å²) in [5, 5.41) is 14.6. The van der Waals surface area contributed by atoms with E-state index in [9.17, 15) is 4.39 Å². The maximum atomic E-state index is 13.3. The lowest BCUT2D eigenvalue weighted by atomic mass is 10.3. The first-order chi connectivity index (χ1) is 8.18. The fourth-order valence-electron chi connectivity index (χ4n) is 1.23. The largest absolute Gasteiger partial charge is 0.434 e. The maximum Gasteiger partial charge on any atom is 0.250 e. The zero-order valence-corrected chi connectivity index (χ0v) is 8.72. The average molecular weight is 232 g/mol. The minimum Gasteiger partial charge on any atom is -0.434 e. The van der Waals surface area contributed by atoms with Crippen molar-refractivity contribution in [3.05, 3.63) is 47.9 Å². The Morgan fingerprint density at radius 1 is 1.29 bits per heavy atom. The van der Waals surface area contributed by atoms with Gasteiger partial charge in [0.05, 0.1) is 11.8 Å². The molecule has 0 unspecified atom stereocenters. The van der Waals surface area contributed by atoms with E-state index in [1.165, 1.54) is 24.4 Å². The van der Waals surface area contributed by atoms with E-state index >= 15 is 0 Å². The molecule has 0 atom stereocenters. The molecule has 0 amide bonds. The van der Waals surface area contributed by atoms with Crippen molar-refractivity contribution < 1.29 is 9.13 Å². The molecule has 0 saturated heterocycles. The number of hydrogen-bond acceptors (Lipinski definition) is 4. The first kappa shape index (κ1) is 11.0. The molecule has 0 saturated carbocycles. The molecule has 1 aromatic heterocycles. The lowest BCUT2D eigenvalue weighted by Gasteiger charge is -2.08. The lowest BCUT2D eigenvalue weighted by Crippen LogP contribution is -2.13. The number of nitrogens with two attached hydrogens (primary N) is 1. The van der Waals surface area contributed by atoms with Gasteiger partial charge >= 0.3 is 0 Å². The number of hydrogen-bond donors (Lipinski definition) is 2. The second-order valence-electron chi connectivity index (χ2n) is 3.20. The third-order valence-corrected chi connectivity index (χ3v) is 2.02. The zero-order valence-electron chi connectivity index (χ0n) is 8.72. The van der Waals surface area contributed by atoms with Crippen LogP contribution in [0.4, 0.5) is 4.39 Å². The summed E-state index contributed by atoms with van der Waals surface area (Å²) in [6, 6.07) is 7.37. The summed E-state index contributed by atoms with van der Waals surface area (Å²) < 4.78 is 18.6. The molecule has 1 aromatic carbocycles. The van der Waals surface area contributed by atoms with Gasteiger partial charge in [-0.15, -0.1) is 5.10 Å². The van der Waals surface area contributed by atoms with Gasteiger partial charge in [0.15, 0.2) is 11.6 Å². The van der Waals surface area contributed by atoms with E-state index in [1.54, 1.807) is 12.1 Å². The van der Waals surface area contributed by atoms with E-state index in [-0.39, 0.29) is 23.0 Å². The molecule has 2 aromatic rings. The Bertz CT molecular complexity index is 559. The Balaban J connectivity index is 2.37. The third-order valence-electron chi connectivity index (χ3n) is 2.02. The van der Waals surface area contributed by atoms with Gasteiger partial charge in [0.25, 0.3) is 0 Å². The van der Waals surface area contributed by atoms with Crippen molar-refractivity contribution in [3.8, 4) is 11.6 Å². The van der Waals surface area contributed by atoms with E-state index in [1.807, 2.05) is 0 Å². The normalized spacial score (nSPS) is 9.94. The van der Waals surface area contributed by atoms with Gasteiger partial charge < -0.3 is 10.5 Å². The van der Waals surface area contributed by atoms with Gasteiger partial charge in [-0.25, -0.2) is 4.39 Å². The Morgan fingerprint density at radius 2 is 2.06 bits per heavy atom. The van der Waals surface area contributed by atoms with Crippen LogP contribution in [0.15, 0.2) is 36.5 Å². The van der Waals surface area contributed by atoms with Crippen molar-refractivity contribution in [2.24, 2.45) is 5.73 Å². The molecule has 86 valence electrons. The molecule has 0 aliphatic heterocycles. The van der Waals surface area contributed by atoms with Gasteiger partial charge in [0, 0.05) is 0 Å². The minimum absolute atomic E-state index is 0.00472. The van der Waals surface area contributed by atoms with Crippen molar-refractivity contribution in [1.82, 2.24) is 10.2 Å². The van der Waals surface area contributed by atoms with E-state index in [2.05, 4.69) is 10.2 Å². The summed E-state index contributed by atoms with van der Waals surface area (Å²) >= 11 is 0. The van der Waals surface area contributed by atoms with Crippen LogP contribution in [0, 0.1) is 11.2 Å². The molecule has 3 N–H and O–H groups in total. The first-order valence-electron chi connectivity index (χ1n) is 4.77. The molecule has 0 aliphatic rings. The number of para-hydroxylation sites is 1. The predicted octanol–water partition coefficient (Wildman–Crippen LogP) is 1.69. The topological polar surface area (TPSA) is 84.9 Å². The van der Waals surface area contributed by atoms with Crippen molar-refractivity contribution in [3.63, 3.8) is 0 Å². The van der Waals surface area contributed by atoms with E-state index < -0.39 is 5.82 Å². The fourth-order valence-corrected chi connectivity index (χ4v) is 1.23. The molecule has 1 heterocycles. The highest BCUT2D eigenvalue weighted by Gasteiger charge is 2.11. The number of amidine groups is 1. The minimum atomic E-state index is -0.521. The van der Waals surface area contributed by atoms with E-state index in [4.69, 9.17) is 15.9 Å². The van der Waals surface area contributed by atoms with Gasteiger partial charge in [0.1, 0.15) is 5.84 Å². The van der Waals surface area contributed by atoms with Crippen LogP contribution in [-0.4, -0.2) is 16.0 Å². The van der Waals surface area contributed by atoms with Crippen LogP contribution in [0.2, 0.25) is 0 Å². The summed E-state index contributed by atoms with van der Waals surface area (Å²) in [5.41, 5.74) is 5.61. The number of nitrogens with zero attached hydrogens (tertiary/aromatic N) is 2. The molecule has 0 bridgehead atoms. The van der Waals surface area contributed by atoms with Gasteiger partial charge in [0.2, 0.25) is 5.88 Å². The Kier molecular flexibility index (Phi) is 2.95. The number of ether oxygens (including phenoxy) is 1. The van der Waals surface area contributed by atoms with Crippen molar-refractivity contribution in [2.45, 2.75) is 0 Å². The van der Waals surface area contributed by atoms with Crippen LogP contribution in [0.3, 0.4) is 0 Å². The van der Waals surface area contributed by atoms with Crippen LogP contribution < -0.4 is 10.5 Å². The number of aromatic nitrogens is 2. The summed E-state index contributed by atoms with van der Waals surface area (Å²) in [7, 11) is 0. The van der Waals surface area contributed by atoms with Gasteiger partial charge in [-0.3, -0.25) is 5.41 Å². The Labute approximate surface area is 96.6 Å². The monoisotopic (exact) mass is 232 g/mol. The highest BCUT2D eigenvalue weighted by atomic mass is 19.1. The summed E-state index contributed by atoms with van der Waals surface area (Å²) in [5.74, 6) is -0.723. The van der Waals surface area contributed by atoms with Gasteiger partial charge in [-0.05, 0) is 18.2 Å². The molecule has 0 spiro atoms. The van der Waals surface area contributed by atoms with Crippen molar-refractivity contribution in [2.75, 3.05) is 0 Å². The zero-order chi connectivity index (χ0) is 12.3. The second-order valence-corrected chi connectivity index (χ2v) is 3.20. The smallest absolute Gasteiger partial charge is 0.250 e. The number of benzene rings is 1. The number of nitrogens with one attached hydrogen (secondary N) is 1. The second kappa shape index (κ2) is 4.56. The summed E-state index contributed by atoms with van der Waals surface area (Å²) in [6.07, 6.45) is 1.38. The Hall–Kier alpha value is -2.50. The third kappa shape index (κ3) is 2.36. The molecule has 0 radical (unpaired) electrons. The molecular weight excluding hydrogens is 223 g/mol. The summed E-state index contributed by atoms with van der Waals surface area (Å²) in [4.78, 5) is 0. The number of halogens is 1. The van der Waals surface area contributed by atoms with E-state index in [0.717, 1.165) is 0 Å². The Morgan fingerprint density at radius 3 is 2.76 bits per heavy atom.